The highest BCUT2D eigenvalue weighted by Gasteiger charge is 2.40. The lowest BCUT2D eigenvalue weighted by Crippen LogP contribution is -2.31. The highest BCUT2D eigenvalue weighted by molar-refractivity contribution is 6.45. The van der Waals surface area contributed by atoms with Crippen molar-refractivity contribution in [3.63, 3.8) is 0 Å². The minimum absolute atomic E-state index is 0.0300. The highest BCUT2D eigenvalue weighted by atomic mass is 35.5. The molecule has 1 N–H and O–H groups in total. The summed E-state index contributed by atoms with van der Waals surface area (Å²) in [4.78, 5) is 26.0. The van der Waals surface area contributed by atoms with Gasteiger partial charge in [-0.1, -0.05) is 35.4 Å². The second kappa shape index (κ2) is 5.56. The zero-order chi connectivity index (χ0) is 16.7. The van der Waals surface area contributed by atoms with Gasteiger partial charge in [0.2, 0.25) is 0 Å². The van der Waals surface area contributed by atoms with Crippen molar-refractivity contribution in [2.75, 3.05) is 4.90 Å². The van der Waals surface area contributed by atoms with Gasteiger partial charge in [0.15, 0.2) is 5.76 Å². The Morgan fingerprint density at radius 3 is 2.22 bits per heavy atom. The third-order valence-electron chi connectivity index (χ3n) is 3.80. The summed E-state index contributed by atoms with van der Waals surface area (Å²) in [6, 6.07) is 11.8. The molecule has 1 aliphatic rings. The van der Waals surface area contributed by atoms with Crippen molar-refractivity contribution >= 4 is 34.7 Å². The van der Waals surface area contributed by atoms with E-state index in [1.54, 1.807) is 30.3 Å². The number of benzene rings is 2. The molecule has 1 aliphatic heterocycles. The molecular weight excluding hydrogens is 314 g/mol. The maximum Gasteiger partial charge on any atom is 0.301 e. The number of imide groups is 1. The minimum Gasteiger partial charge on any atom is -0.502 e. The summed E-state index contributed by atoms with van der Waals surface area (Å²) in [5.41, 5.74) is 2.82. The normalized spacial score (nSPS) is 14.8. The first kappa shape index (κ1) is 15.3. The van der Waals surface area contributed by atoms with Crippen LogP contribution in [-0.2, 0) is 9.59 Å². The largest absolute Gasteiger partial charge is 0.502 e. The fourth-order valence-electron chi connectivity index (χ4n) is 2.68. The van der Waals surface area contributed by atoms with Gasteiger partial charge in [0.05, 0.1) is 11.3 Å². The molecule has 0 fully saturated rings. The molecule has 0 saturated heterocycles. The third-order valence-corrected chi connectivity index (χ3v) is 4.05. The van der Waals surface area contributed by atoms with Crippen LogP contribution in [0.1, 0.15) is 16.7 Å². The zero-order valence-corrected chi connectivity index (χ0v) is 13.4. The number of anilines is 1. The number of amides is 2. The van der Waals surface area contributed by atoms with E-state index >= 15 is 0 Å². The Bertz CT molecular complexity index is 853. The summed E-state index contributed by atoms with van der Waals surface area (Å²) in [6.45, 7) is 3.78. The van der Waals surface area contributed by atoms with Gasteiger partial charge in [-0.05, 0) is 49.2 Å². The molecule has 23 heavy (non-hydrogen) atoms. The standard InChI is InChI=1S/C18H14ClNO3/c1-10-3-8-14(11(2)9-10)15-16(21)18(23)20(17(15)22)13-6-4-12(19)5-7-13/h3-9,21H,1-2H3. The van der Waals surface area contributed by atoms with Gasteiger partial charge >= 0.3 is 5.91 Å². The molecule has 0 spiro atoms. The van der Waals surface area contributed by atoms with E-state index in [9.17, 15) is 14.7 Å². The Balaban J connectivity index is 2.08. The van der Waals surface area contributed by atoms with Gasteiger partial charge in [-0.2, -0.15) is 0 Å². The average molecular weight is 328 g/mol. The van der Waals surface area contributed by atoms with Crippen LogP contribution in [0.4, 0.5) is 5.69 Å². The summed E-state index contributed by atoms with van der Waals surface area (Å²) < 4.78 is 0. The molecule has 5 heteroatoms. The predicted molar refractivity (Wildman–Crippen MR) is 89.4 cm³/mol. The van der Waals surface area contributed by atoms with Gasteiger partial charge in [0.25, 0.3) is 5.91 Å². The van der Waals surface area contributed by atoms with Gasteiger partial charge in [0, 0.05) is 5.02 Å². The number of hydrogen-bond acceptors (Lipinski definition) is 3. The number of aliphatic hydroxyl groups is 1. The SMILES string of the molecule is Cc1ccc(C2=C(O)C(=O)N(c3ccc(Cl)cc3)C2=O)c(C)c1. The van der Waals surface area contributed by atoms with Crippen molar-refractivity contribution in [2.24, 2.45) is 0 Å². The molecule has 0 bridgehead atoms. The van der Waals surface area contributed by atoms with Crippen LogP contribution in [0.15, 0.2) is 48.2 Å². The highest BCUT2D eigenvalue weighted by Crippen LogP contribution is 2.33. The Morgan fingerprint density at radius 1 is 0.957 bits per heavy atom. The van der Waals surface area contributed by atoms with E-state index in [1.807, 2.05) is 26.0 Å². The van der Waals surface area contributed by atoms with Gasteiger partial charge in [-0.15, -0.1) is 0 Å². The zero-order valence-electron chi connectivity index (χ0n) is 12.6. The fraction of sp³-hybridized carbons (Fsp3) is 0.111. The molecule has 0 atom stereocenters. The maximum absolute atomic E-state index is 12.7. The number of halogens is 1. The van der Waals surface area contributed by atoms with Crippen LogP contribution in [0.25, 0.3) is 5.57 Å². The first-order chi connectivity index (χ1) is 10.9. The lowest BCUT2D eigenvalue weighted by Gasteiger charge is -2.15. The fourth-order valence-corrected chi connectivity index (χ4v) is 2.81. The van der Waals surface area contributed by atoms with Crippen molar-refractivity contribution in [3.8, 4) is 0 Å². The second-order valence-corrected chi connectivity index (χ2v) is 5.90. The first-order valence-electron chi connectivity index (χ1n) is 7.05. The summed E-state index contributed by atoms with van der Waals surface area (Å²) in [7, 11) is 0. The molecule has 3 rings (SSSR count). The number of carbonyl (C=O) groups is 2. The van der Waals surface area contributed by atoms with Crippen LogP contribution in [-0.4, -0.2) is 16.9 Å². The molecule has 0 radical (unpaired) electrons. The Labute approximate surface area is 138 Å². The van der Waals surface area contributed by atoms with Crippen LogP contribution in [0.2, 0.25) is 5.02 Å². The smallest absolute Gasteiger partial charge is 0.301 e. The lowest BCUT2D eigenvalue weighted by molar-refractivity contribution is -0.121. The maximum atomic E-state index is 12.7. The van der Waals surface area contributed by atoms with Crippen LogP contribution in [0.3, 0.4) is 0 Å². The topological polar surface area (TPSA) is 57.6 Å². The summed E-state index contributed by atoms with van der Waals surface area (Å²) in [6.07, 6.45) is 0. The van der Waals surface area contributed by atoms with Crippen molar-refractivity contribution in [2.45, 2.75) is 13.8 Å². The van der Waals surface area contributed by atoms with E-state index in [1.165, 1.54) is 0 Å². The van der Waals surface area contributed by atoms with E-state index in [-0.39, 0.29) is 5.57 Å². The minimum atomic E-state index is -0.729. The number of aliphatic hydroxyl groups excluding tert-OH is 1. The van der Waals surface area contributed by atoms with Gasteiger partial charge in [-0.25, -0.2) is 4.90 Å². The van der Waals surface area contributed by atoms with Gasteiger partial charge < -0.3 is 5.11 Å². The molecule has 2 aromatic rings. The summed E-state index contributed by atoms with van der Waals surface area (Å²) >= 11 is 5.83. The average Bonchev–Trinajstić information content (AvgIpc) is 2.72. The van der Waals surface area contributed by atoms with E-state index in [2.05, 4.69) is 0 Å². The molecule has 0 aliphatic carbocycles. The van der Waals surface area contributed by atoms with E-state index in [0.29, 0.717) is 16.3 Å². The van der Waals surface area contributed by atoms with Crippen molar-refractivity contribution in [1.82, 2.24) is 0 Å². The Hall–Kier alpha value is -2.59. The molecule has 0 unspecified atom stereocenters. The van der Waals surface area contributed by atoms with E-state index in [4.69, 9.17) is 11.6 Å². The van der Waals surface area contributed by atoms with Crippen molar-refractivity contribution in [1.29, 1.82) is 0 Å². The van der Waals surface area contributed by atoms with E-state index in [0.717, 1.165) is 16.0 Å². The summed E-state index contributed by atoms with van der Waals surface area (Å²) in [5.74, 6) is -1.80. The number of nitrogens with zero attached hydrogens (tertiary/aromatic N) is 1. The predicted octanol–water partition coefficient (Wildman–Crippen LogP) is 3.80. The molecular formula is C18H14ClNO3. The number of aryl methyl sites for hydroxylation is 2. The van der Waals surface area contributed by atoms with Gasteiger partial charge in [0.1, 0.15) is 0 Å². The van der Waals surface area contributed by atoms with Crippen LogP contribution >= 0.6 is 11.6 Å². The number of hydrogen-bond donors (Lipinski definition) is 1. The monoisotopic (exact) mass is 327 g/mol. The molecule has 2 amide bonds. The molecule has 116 valence electrons. The Morgan fingerprint density at radius 2 is 1.61 bits per heavy atom. The quantitative estimate of drug-likeness (QED) is 0.853. The van der Waals surface area contributed by atoms with E-state index < -0.39 is 17.6 Å². The second-order valence-electron chi connectivity index (χ2n) is 5.46. The molecule has 1 heterocycles. The lowest BCUT2D eigenvalue weighted by atomic mass is 9.98. The van der Waals surface area contributed by atoms with Crippen molar-refractivity contribution < 1.29 is 14.7 Å². The molecule has 4 nitrogen and oxygen atoms in total. The molecule has 0 aromatic heterocycles. The number of rotatable bonds is 2. The van der Waals surface area contributed by atoms with Crippen LogP contribution < -0.4 is 4.90 Å². The van der Waals surface area contributed by atoms with Gasteiger partial charge in [-0.3, -0.25) is 9.59 Å². The van der Waals surface area contributed by atoms with Crippen LogP contribution in [0.5, 0.6) is 0 Å². The summed E-state index contributed by atoms with van der Waals surface area (Å²) in [5, 5.41) is 10.7. The van der Waals surface area contributed by atoms with Crippen molar-refractivity contribution in [3.05, 3.63) is 69.9 Å². The number of carbonyl (C=O) groups excluding carboxylic acids is 2. The molecule has 2 aromatic carbocycles. The van der Waals surface area contributed by atoms with Crippen LogP contribution in [0, 0.1) is 13.8 Å². The third kappa shape index (κ3) is 2.51. The first-order valence-corrected chi connectivity index (χ1v) is 7.43. The Kier molecular flexibility index (Phi) is 3.70. The molecule has 0 saturated carbocycles.